The monoisotopic (exact) mass is 262 g/mol. The maximum Gasteiger partial charge on any atom is 0.184 e. The summed E-state index contributed by atoms with van der Waals surface area (Å²) in [6.45, 7) is 0. The highest BCUT2D eigenvalue weighted by Crippen LogP contribution is 2.24. The summed E-state index contributed by atoms with van der Waals surface area (Å²) in [5.74, 6) is 0.165. The largest absolute Gasteiger partial charge is 0.396 e. The van der Waals surface area contributed by atoms with E-state index in [-0.39, 0.29) is 5.82 Å². The summed E-state index contributed by atoms with van der Waals surface area (Å²) in [6.07, 6.45) is 1.65. The molecule has 2 aromatic heterocycles. The van der Waals surface area contributed by atoms with Crippen LogP contribution in [0.3, 0.4) is 0 Å². The van der Waals surface area contributed by atoms with Crippen LogP contribution in [0, 0.1) is 5.82 Å². The van der Waals surface area contributed by atoms with Gasteiger partial charge in [0, 0.05) is 11.8 Å². The van der Waals surface area contributed by atoms with Crippen LogP contribution in [-0.4, -0.2) is 14.6 Å². The van der Waals surface area contributed by atoms with E-state index in [1.54, 1.807) is 28.8 Å². The number of rotatable bonds is 1. The van der Waals surface area contributed by atoms with Crippen LogP contribution < -0.4 is 5.73 Å². The second kappa shape index (κ2) is 3.96. The van der Waals surface area contributed by atoms with E-state index >= 15 is 0 Å². The molecule has 0 saturated heterocycles. The van der Waals surface area contributed by atoms with Gasteiger partial charge in [-0.3, -0.25) is 4.40 Å². The van der Waals surface area contributed by atoms with E-state index in [2.05, 4.69) is 10.2 Å². The molecule has 0 aliphatic rings. The number of halogens is 2. The number of anilines is 1. The number of hydrogen-bond donors (Lipinski definition) is 1. The zero-order valence-corrected chi connectivity index (χ0v) is 9.89. The summed E-state index contributed by atoms with van der Waals surface area (Å²) < 4.78 is 14.9. The van der Waals surface area contributed by atoms with E-state index in [0.29, 0.717) is 27.7 Å². The Morgan fingerprint density at radius 3 is 2.83 bits per heavy atom. The van der Waals surface area contributed by atoms with Crippen molar-refractivity contribution in [2.75, 3.05) is 5.73 Å². The van der Waals surface area contributed by atoms with Crippen LogP contribution in [0.25, 0.3) is 17.0 Å². The summed E-state index contributed by atoms with van der Waals surface area (Å²) in [4.78, 5) is 0. The highest BCUT2D eigenvalue weighted by Gasteiger charge is 2.11. The Hall–Kier alpha value is -2.14. The van der Waals surface area contributed by atoms with Crippen molar-refractivity contribution in [1.29, 1.82) is 0 Å². The third-order valence-electron chi connectivity index (χ3n) is 2.58. The van der Waals surface area contributed by atoms with E-state index in [1.165, 1.54) is 12.1 Å². The predicted molar refractivity (Wildman–Crippen MR) is 67.8 cm³/mol. The van der Waals surface area contributed by atoms with Crippen molar-refractivity contribution in [3.63, 3.8) is 0 Å². The Balaban J connectivity index is 2.30. The molecule has 0 aliphatic carbocycles. The van der Waals surface area contributed by atoms with E-state index in [0.717, 1.165) is 0 Å². The van der Waals surface area contributed by atoms with Crippen LogP contribution in [0.1, 0.15) is 0 Å². The lowest BCUT2D eigenvalue weighted by Gasteiger charge is -2.02. The fraction of sp³-hybridized carbons (Fsp3) is 0. The van der Waals surface area contributed by atoms with Gasteiger partial charge < -0.3 is 5.73 Å². The van der Waals surface area contributed by atoms with Gasteiger partial charge in [0.15, 0.2) is 11.5 Å². The number of fused-ring (bicyclic) bond motifs is 1. The van der Waals surface area contributed by atoms with Gasteiger partial charge in [-0.05, 0) is 18.2 Å². The summed E-state index contributed by atoms with van der Waals surface area (Å²) in [7, 11) is 0. The third kappa shape index (κ3) is 1.69. The molecule has 18 heavy (non-hydrogen) atoms. The summed E-state index contributed by atoms with van der Waals surface area (Å²) >= 11 is 5.94. The fourth-order valence-electron chi connectivity index (χ4n) is 1.81. The molecule has 0 radical (unpaired) electrons. The van der Waals surface area contributed by atoms with Gasteiger partial charge in [-0.2, -0.15) is 0 Å². The normalized spacial score (nSPS) is 11.0. The van der Waals surface area contributed by atoms with Gasteiger partial charge in [0.25, 0.3) is 0 Å². The molecule has 90 valence electrons. The molecule has 1 aromatic carbocycles. The summed E-state index contributed by atoms with van der Waals surface area (Å²) in [5, 5.41) is 8.46. The average Bonchev–Trinajstić information content (AvgIpc) is 2.72. The van der Waals surface area contributed by atoms with Crippen LogP contribution in [0.2, 0.25) is 5.02 Å². The SMILES string of the molecule is Nc1cc(Cl)cn2c(-c3cccc(F)c3)nnc12. The summed E-state index contributed by atoms with van der Waals surface area (Å²) in [5.41, 5.74) is 7.34. The van der Waals surface area contributed by atoms with E-state index in [1.807, 2.05) is 0 Å². The first-order chi connectivity index (χ1) is 8.65. The summed E-state index contributed by atoms with van der Waals surface area (Å²) in [6, 6.07) is 7.71. The molecule has 0 bridgehead atoms. The van der Waals surface area contributed by atoms with Gasteiger partial charge in [0.2, 0.25) is 0 Å². The topological polar surface area (TPSA) is 56.2 Å². The Morgan fingerprint density at radius 1 is 1.22 bits per heavy atom. The molecule has 0 saturated carbocycles. The van der Waals surface area contributed by atoms with Gasteiger partial charge in [-0.25, -0.2) is 4.39 Å². The lowest BCUT2D eigenvalue weighted by Crippen LogP contribution is -1.94. The molecule has 0 atom stereocenters. The van der Waals surface area contributed by atoms with Crippen LogP contribution in [-0.2, 0) is 0 Å². The maximum atomic E-state index is 13.2. The predicted octanol–water partition coefficient (Wildman–Crippen LogP) is 2.77. The molecule has 4 nitrogen and oxygen atoms in total. The fourth-order valence-corrected chi connectivity index (χ4v) is 2.02. The molecule has 0 unspecified atom stereocenters. The highest BCUT2D eigenvalue weighted by molar-refractivity contribution is 6.30. The van der Waals surface area contributed by atoms with Crippen LogP contribution in [0.4, 0.5) is 10.1 Å². The van der Waals surface area contributed by atoms with Crippen molar-refractivity contribution in [2.45, 2.75) is 0 Å². The first-order valence-electron chi connectivity index (χ1n) is 5.21. The van der Waals surface area contributed by atoms with E-state index in [9.17, 15) is 4.39 Å². The molecule has 2 N–H and O–H groups in total. The van der Waals surface area contributed by atoms with Crippen molar-refractivity contribution in [2.24, 2.45) is 0 Å². The van der Waals surface area contributed by atoms with Crippen LogP contribution >= 0.6 is 11.6 Å². The number of benzene rings is 1. The highest BCUT2D eigenvalue weighted by atomic mass is 35.5. The number of aromatic nitrogens is 3. The van der Waals surface area contributed by atoms with Crippen LogP contribution in [0.15, 0.2) is 36.5 Å². The smallest absolute Gasteiger partial charge is 0.184 e. The molecule has 2 heterocycles. The molecule has 0 fully saturated rings. The molecule has 6 heteroatoms. The van der Waals surface area contributed by atoms with Crippen molar-refractivity contribution in [3.05, 3.63) is 47.4 Å². The molecule has 0 aliphatic heterocycles. The van der Waals surface area contributed by atoms with Gasteiger partial charge in [0.1, 0.15) is 5.82 Å². The minimum atomic E-state index is -0.334. The van der Waals surface area contributed by atoms with Gasteiger partial charge in [-0.1, -0.05) is 23.7 Å². The van der Waals surface area contributed by atoms with Crippen molar-refractivity contribution in [3.8, 4) is 11.4 Å². The molecule has 3 rings (SSSR count). The standard InChI is InChI=1S/C12H8ClFN4/c13-8-5-10(15)12-17-16-11(18(12)6-8)7-2-1-3-9(14)4-7/h1-6H,15H2. The van der Waals surface area contributed by atoms with Crippen molar-refractivity contribution >= 4 is 22.9 Å². The first-order valence-corrected chi connectivity index (χ1v) is 5.58. The Morgan fingerprint density at radius 2 is 2.06 bits per heavy atom. The van der Waals surface area contributed by atoms with Gasteiger partial charge in [0.05, 0.1) is 10.7 Å². The minimum absolute atomic E-state index is 0.334. The Labute approximate surface area is 107 Å². The Bertz CT molecular complexity index is 738. The Kier molecular flexibility index (Phi) is 2.41. The number of nitrogens with zero attached hydrogens (tertiary/aromatic N) is 3. The second-order valence-electron chi connectivity index (χ2n) is 3.84. The zero-order valence-electron chi connectivity index (χ0n) is 9.14. The molecule has 0 spiro atoms. The first kappa shape index (κ1) is 11.0. The number of pyridine rings is 1. The molecular formula is C12H8ClFN4. The lowest BCUT2D eigenvalue weighted by atomic mass is 10.2. The van der Waals surface area contributed by atoms with E-state index in [4.69, 9.17) is 17.3 Å². The minimum Gasteiger partial charge on any atom is -0.396 e. The van der Waals surface area contributed by atoms with Gasteiger partial charge >= 0.3 is 0 Å². The quantitative estimate of drug-likeness (QED) is 0.734. The molecule has 0 amide bonds. The van der Waals surface area contributed by atoms with Crippen LogP contribution in [0.5, 0.6) is 0 Å². The second-order valence-corrected chi connectivity index (χ2v) is 4.28. The van der Waals surface area contributed by atoms with Crippen molar-refractivity contribution < 1.29 is 4.39 Å². The number of nitrogen functional groups attached to an aromatic ring is 1. The number of nitrogens with two attached hydrogens (primary N) is 1. The lowest BCUT2D eigenvalue weighted by molar-refractivity contribution is 0.628. The zero-order chi connectivity index (χ0) is 12.7. The third-order valence-corrected chi connectivity index (χ3v) is 2.79. The van der Waals surface area contributed by atoms with E-state index < -0.39 is 0 Å². The molecule has 3 aromatic rings. The van der Waals surface area contributed by atoms with Gasteiger partial charge in [-0.15, -0.1) is 10.2 Å². The maximum absolute atomic E-state index is 13.2. The van der Waals surface area contributed by atoms with Crippen molar-refractivity contribution in [1.82, 2.24) is 14.6 Å². The molecular weight excluding hydrogens is 255 g/mol. The number of hydrogen-bond acceptors (Lipinski definition) is 3. The average molecular weight is 263 g/mol.